The summed E-state index contributed by atoms with van der Waals surface area (Å²) in [7, 11) is 4.14. The summed E-state index contributed by atoms with van der Waals surface area (Å²) in [5.74, 6) is 0.655. The molecule has 5 heteroatoms. The maximum Gasteiger partial charge on any atom is 0.143 e. The van der Waals surface area contributed by atoms with Gasteiger partial charge in [-0.15, -0.1) is 0 Å². The molecule has 33 heavy (non-hydrogen) atoms. The topological polar surface area (TPSA) is 19.0 Å². The highest BCUT2D eigenvalue weighted by Crippen LogP contribution is 2.40. The molecule has 4 nitrogen and oxygen atoms in total. The molecule has 0 N–H and O–H groups in total. The Morgan fingerprint density at radius 1 is 1.00 bits per heavy atom. The van der Waals surface area contributed by atoms with Crippen LogP contribution in [0.1, 0.15) is 24.0 Å². The first kappa shape index (κ1) is 21.8. The van der Waals surface area contributed by atoms with E-state index in [0.29, 0.717) is 12.6 Å². The van der Waals surface area contributed by atoms with Crippen LogP contribution >= 0.6 is 0 Å². The van der Waals surface area contributed by atoms with E-state index in [9.17, 15) is 4.39 Å². The number of anilines is 3. The maximum absolute atomic E-state index is 14.3. The number of fused-ring (bicyclic) bond motifs is 2. The molecule has 3 aromatic carbocycles. The predicted octanol–water partition coefficient (Wildman–Crippen LogP) is 5.63. The molecule has 2 heterocycles. The fraction of sp³-hybridized carbons (Fsp3) is 0.357. The molecule has 2 aliphatic heterocycles. The van der Waals surface area contributed by atoms with Gasteiger partial charge in [-0.25, -0.2) is 4.39 Å². The zero-order valence-electron chi connectivity index (χ0n) is 19.5. The number of hydrogen-bond acceptors (Lipinski definition) is 4. The van der Waals surface area contributed by atoms with Crippen molar-refractivity contribution in [1.29, 1.82) is 0 Å². The second-order valence-corrected chi connectivity index (χ2v) is 9.28. The van der Waals surface area contributed by atoms with Crippen molar-refractivity contribution in [3.63, 3.8) is 0 Å². The van der Waals surface area contributed by atoms with Crippen molar-refractivity contribution in [2.75, 3.05) is 43.5 Å². The van der Waals surface area contributed by atoms with E-state index in [0.717, 1.165) is 55.2 Å². The smallest absolute Gasteiger partial charge is 0.143 e. The molecule has 0 aromatic heterocycles. The fourth-order valence-electron chi connectivity index (χ4n) is 5.03. The fourth-order valence-corrected chi connectivity index (χ4v) is 5.03. The first-order valence-corrected chi connectivity index (χ1v) is 11.9. The lowest BCUT2D eigenvalue weighted by molar-refractivity contribution is 0.261. The maximum atomic E-state index is 14.3. The quantitative estimate of drug-likeness (QED) is 0.489. The molecule has 0 amide bonds. The van der Waals surface area contributed by atoms with Gasteiger partial charge in [-0.2, -0.15) is 0 Å². The highest BCUT2D eigenvalue weighted by Gasteiger charge is 2.30. The zero-order chi connectivity index (χ0) is 22.8. The van der Waals surface area contributed by atoms with Crippen LogP contribution in [0.3, 0.4) is 0 Å². The molecule has 0 radical (unpaired) electrons. The largest absolute Gasteiger partial charge is 0.487 e. The van der Waals surface area contributed by atoms with Gasteiger partial charge in [0.2, 0.25) is 0 Å². The second-order valence-electron chi connectivity index (χ2n) is 9.28. The van der Waals surface area contributed by atoms with E-state index in [2.05, 4.69) is 59.1 Å². The summed E-state index contributed by atoms with van der Waals surface area (Å²) in [6.45, 7) is 3.44. The molecule has 5 rings (SSSR count). The van der Waals surface area contributed by atoms with E-state index in [4.69, 9.17) is 4.74 Å². The summed E-state index contributed by atoms with van der Waals surface area (Å²) in [5, 5.41) is 0. The number of rotatable bonds is 6. The van der Waals surface area contributed by atoms with Gasteiger partial charge in [0, 0.05) is 44.5 Å². The predicted molar refractivity (Wildman–Crippen MR) is 133 cm³/mol. The third-order valence-corrected chi connectivity index (χ3v) is 6.91. The Bertz CT molecular complexity index is 1100. The lowest BCUT2D eigenvalue weighted by Gasteiger charge is -2.32. The van der Waals surface area contributed by atoms with Crippen LogP contribution < -0.4 is 14.5 Å². The number of nitrogens with zero attached hydrogens (tertiary/aromatic N) is 3. The monoisotopic (exact) mass is 445 g/mol. The molecule has 1 unspecified atom stereocenters. The Morgan fingerprint density at radius 3 is 2.64 bits per heavy atom. The van der Waals surface area contributed by atoms with E-state index in [-0.39, 0.29) is 5.82 Å². The number of para-hydroxylation sites is 2. The van der Waals surface area contributed by atoms with Gasteiger partial charge < -0.3 is 14.5 Å². The minimum atomic E-state index is -0.206. The first-order valence-electron chi connectivity index (χ1n) is 11.9. The van der Waals surface area contributed by atoms with E-state index in [1.165, 1.54) is 23.7 Å². The standard InChI is InChI=1S/C28H32FN3O/c1-30(2)24-13-9-21(10-14-24)15-17-31-16-5-6-25(31)19-32-26-7-3-4-8-28(26)33-20-22-11-12-23(29)18-27(22)32/h3-4,7-14,18,25H,5-6,15-17,19-20H2,1-2H3. The summed E-state index contributed by atoms with van der Waals surface area (Å²) in [5.41, 5.74) is 5.56. The number of halogens is 1. The zero-order valence-corrected chi connectivity index (χ0v) is 19.5. The van der Waals surface area contributed by atoms with Crippen molar-refractivity contribution in [1.82, 2.24) is 4.90 Å². The SMILES string of the molecule is CN(C)c1ccc(CCN2CCCC2CN2c3cc(F)ccc3COc3ccccc32)cc1. The summed E-state index contributed by atoms with van der Waals surface area (Å²) < 4.78 is 20.4. The molecule has 1 saturated heterocycles. The molecule has 0 bridgehead atoms. The number of hydrogen-bond donors (Lipinski definition) is 0. The molecule has 0 spiro atoms. The summed E-state index contributed by atoms with van der Waals surface area (Å²) in [6.07, 6.45) is 3.39. The molecular formula is C28H32FN3O. The van der Waals surface area contributed by atoms with Crippen LogP contribution in [-0.4, -0.2) is 44.7 Å². The van der Waals surface area contributed by atoms with Crippen molar-refractivity contribution in [2.45, 2.75) is 31.9 Å². The van der Waals surface area contributed by atoms with Gasteiger partial charge in [0.1, 0.15) is 18.2 Å². The van der Waals surface area contributed by atoms with Crippen LogP contribution in [0.5, 0.6) is 5.75 Å². The van der Waals surface area contributed by atoms with Crippen LogP contribution in [0.2, 0.25) is 0 Å². The molecule has 0 saturated carbocycles. The third kappa shape index (κ3) is 4.69. The first-order chi connectivity index (χ1) is 16.1. The van der Waals surface area contributed by atoms with Crippen molar-refractivity contribution >= 4 is 17.1 Å². The Morgan fingerprint density at radius 2 is 1.82 bits per heavy atom. The van der Waals surface area contributed by atoms with Crippen molar-refractivity contribution in [3.8, 4) is 5.75 Å². The minimum Gasteiger partial charge on any atom is -0.487 e. The van der Waals surface area contributed by atoms with Crippen LogP contribution in [0.4, 0.5) is 21.5 Å². The van der Waals surface area contributed by atoms with Crippen molar-refractivity contribution in [2.24, 2.45) is 0 Å². The Hall–Kier alpha value is -3.05. The van der Waals surface area contributed by atoms with Gasteiger partial charge in [-0.1, -0.05) is 30.3 Å². The van der Waals surface area contributed by atoms with E-state index in [1.807, 2.05) is 24.3 Å². The van der Waals surface area contributed by atoms with Crippen LogP contribution in [-0.2, 0) is 13.0 Å². The summed E-state index contributed by atoms with van der Waals surface area (Å²) in [4.78, 5) is 7.01. The molecular weight excluding hydrogens is 413 g/mol. The third-order valence-electron chi connectivity index (χ3n) is 6.91. The molecule has 1 atom stereocenters. The van der Waals surface area contributed by atoms with Gasteiger partial charge >= 0.3 is 0 Å². The van der Waals surface area contributed by atoms with E-state index in [1.54, 1.807) is 6.07 Å². The number of benzene rings is 3. The number of likely N-dealkylation sites (tertiary alicyclic amines) is 1. The Labute approximate surface area is 196 Å². The molecule has 172 valence electrons. The van der Waals surface area contributed by atoms with Crippen molar-refractivity contribution < 1.29 is 9.13 Å². The highest BCUT2D eigenvalue weighted by molar-refractivity contribution is 5.73. The summed E-state index contributed by atoms with van der Waals surface area (Å²) in [6, 6.07) is 22.4. The average molecular weight is 446 g/mol. The Kier molecular flexibility index (Phi) is 6.23. The van der Waals surface area contributed by atoms with Crippen LogP contribution in [0.25, 0.3) is 0 Å². The van der Waals surface area contributed by atoms with Crippen molar-refractivity contribution in [3.05, 3.63) is 83.7 Å². The molecule has 3 aromatic rings. The molecule has 0 aliphatic carbocycles. The van der Waals surface area contributed by atoms with Gasteiger partial charge in [-0.3, -0.25) is 4.90 Å². The molecule has 1 fully saturated rings. The Balaban J connectivity index is 1.35. The average Bonchev–Trinajstić information content (AvgIpc) is 3.21. The van der Waals surface area contributed by atoms with Crippen LogP contribution in [0, 0.1) is 5.82 Å². The van der Waals surface area contributed by atoms with Crippen LogP contribution in [0.15, 0.2) is 66.7 Å². The summed E-state index contributed by atoms with van der Waals surface area (Å²) >= 11 is 0. The van der Waals surface area contributed by atoms with Gasteiger partial charge in [-0.05, 0) is 67.8 Å². The molecule has 2 aliphatic rings. The van der Waals surface area contributed by atoms with Gasteiger partial charge in [0.15, 0.2) is 0 Å². The minimum absolute atomic E-state index is 0.206. The van der Waals surface area contributed by atoms with E-state index < -0.39 is 0 Å². The lowest BCUT2D eigenvalue weighted by Crippen LogP contribution is -2.39. The van der Waals surface area contributed by atoms with Gasteiger partial charge in [0.05, 0.1) is 11.4 Å². The number of ether oxygens (including phenoxy) is 1. The highest BCUT2D eigenvalue weighted by atomic mass is 19.1. The second kappa shape index (κ2) is 9.44. The van der Waals surface area contributed by atoms with Gasteiger partial charge in [0.25, 0.3) is 0 Å². The lowest BCUT2D eigenvalue weighted by atomic mass is 10.1. The van der Waals surface area contributed by atoms with E-state index >= 15 is 0 Å². The normalized spacial score (nSPS) is 17.8.